The van der Waals surface area contributed by atoms with E-state index in [1.54, 1.807) is 7.11 Å². The Hall–Kier alpha value is -0.850. The van der Waals surface area contributed by atoms with E-state index in [1.165, 1.54) is 19.3 Å². The van der Waals surface area contributed by atoms with Crippen LogP contribution < -0.4 is 5.32 Å². The second-order valence-corrected chi connectivity index (χ2v) is 7.30. The molecule has 2 fully saturated rings. The summed E-state index contributed by atoms with van der Waals surface area (Å²) in [4.78, 5) is 7.19. The van der Waals surface area contributed by atoms with Gasteiger partial charge in [0.2, 0.25) is 0 Å². The molecule has 0 saturated carbocycles. The summed E-state index contributed by atoms with van der Waals surface area (Å²) >= 11 is 0. The van der Waals surface area contributed by atoms with Crippen LogP contribution in [0.5, 0.6) is 0 Å². The normalized spacial score (nSPS) is 22.6. The number of ether oxygens (including phenoxy) is 3. The van der Waals surface area contributed by atoms with Crippen molar-refractivity contribution in [1.82, 2.24) is 10.2 Å². The molecule has 2 saturated heterocycles. The monoisotopic (exact) mass is 369 g/mol. The molecule has 0 amide bonds. The van der Waals surface area contributed by atoms with E-state index in [-0.39, 0.29) is 0 Å². The lowest BCUT2D eigenvalue weighted by Crippen LogP contribution is -2.47. The van der Waals surface area contributed by atoms with Gasteiger partial charge in [0.15, 0.2) is 5.96 Å². The molecule has 2 rings (SSSR count). The van der Waals surface area contributed by atoms with Gasteiger partial charge in [-0.1, -0.05) is 0 Å². The molecule has 1 atom stereocenters. The Kier molecular flexibility index (Phi) is 11.0. The van der Waals surface area contributed by atoms with E-state index >= 15 is 0 Å². The van der Waals surface area contributed by atoms with Gasteiger partial charge in [-0.15, -0.1) is 0 Å². The summed E-state index contributed by atoms with van der Waals surface area (Å²) in [6.45, 7) is 8.49. The molecule has 6 nitrogen and oxygen atoms in total. The lowest BCUT2D eigenvalue weighted by molar-refractivity contribution is -0.0721. The SMILES string of the molecule is CCNC(=NCCCCCOC)N1CCC(OCC2CCCCO2)CC1. The zero-order valence-corrected chi connectivity index (χ0v) is 16.9. The highest BCUT2D eigenvalue weighted by Gasteiger charge is 2.23. The molecule has 1 N–H and O–H groups in total. The molecular weight excluding hydrogens is 330 g/mol. The first kappa shape index (κ1) is 21.5. The number of guanidine groups is 1. The molecule has 1 unspecified atom stereocenters. The lowest BCUT2D eigenvalue weighted by Gasteiger charge is -2.35. The Morgan fingerprint density at radius 1 is 1.15 bits per heavy atom. The molecule has 0 bridgehead atoms. The number of nitrogens with one attached hydrogen (secondary N) is 1. The number of unbranched alkanes of at least 4 members (excludes halogenated alkanes) is 2. The first-order valence-corrected chi connectivity index (χ1v) is 10.6. The Bertz CT molecular complexity index is 378. The van der Waals surface area contributed by atoms with Crippen molar-refractivity contribution >= 4 is 5.96 Å². The van der Waals surface area contributed by atoms with Gasteiger partial charge in [0.1, 0.15) is 0 Å². The summed E-state index contributed by atoms with van der Waals surface area (Å²) in [6.07, 6.45) is 9.89. The van der Waals surface area contributed by atoms with Crippen molar-refractivity contribution in [2.24, 2.45) is 4.99 Å². The quantitative estimate of drug-likeness (QED) is 0.365. The molecule has 0 aliphatic carbocycles. The van der Waals surface area contributed by atoms with E-state index in [0.717, 1.165) is 84.1 Å². The van der Waals surface area contributed by atoms with Crippen LogP contribution in [-0.4, -0.2) is 76.2 Å². The maximum Gasteiger partial charge on any atom is 0.193 e. The minimum absolute atomic E-state index is 0.318. The predicted octanol–water partition coefficient (Wildman–Crippen LogP) is 2.82. The number of hydrogen-bond acceptors (Lipinski definition) is 4. The van der Waals surface area contributed by atoms with Gasteiger partial charge in [0.25, 0.3) is 0 Å². The maximum atomic E-state index is 6.12. The fourth-order valence-corrected chi connectivity index (χ4v) is 3.56. The highest BCUT2D eigenvalue weighted by atomic mass is 16.5. The molecule has 2 aliphatic rings. The third kappa shape index (κ3) is 8.23. The first-order chi connectivity index (χ1) is 12.8. The number of hydrogen-bond donors (Lipinski definition) is 1. The molecule has 0 spiro atoms. The summed E-state index contributed by atoms with van der Waals surface area (Å²) in [5, 5.41) is 3.44. The van der Waals surface area contributed by atoms with Gasteiger partial charge < -0.3 is 24.4 Å². The van der Waals surface area contributed by atoms with E-state index < -0.39 is 0 Å². The Morgan fingerprint density at radius 3 is 2.69 bits per heavy atom. The third-order valence-electron chi connectivity index (χ3n) is 5.14. The lowest BCUT2D eigenvalue weighted by atomic mass is 10.1. The predicted molar refractivity (Wildman–Crippen MR) is 106 cm³/mol. The average molecular weight is 370 g/mol. The zero-order chi connectivity index (χ0) is 18.5. The van der Waals surface area contributed by atoms with Crippen LogP contribution in [0.1, 0.15) is 58.3 Å². The van der Waals surface area contributed by atoms with Crippen LogP contribution in [0.4, 0.5) is 0 Å². The molecule has 0 aromatic rings. The largest absolute Gasteiger partial charge is 0.385 e. The minimum Gasteiger partial charge on any atom is -0.385 e. The average Bonchev–Trinajstić information content (AvgIpc) is 2.69. The molecule has 2 heterocycles. The third-order valence-corrected chi connectivity index (χ3v) is 5.14. The summed E-state index contributed by atoms with van der Waals surface area (Å²) in [6, 6.07) is 0. The van der Waals surface area contributed by atoms with Gasteiger partial charge in [0.05, 0.1) is 18.8 Å². The van der Waals surface area contributed by atoms with Crippen LogP contribution >= 0.6 is 0 Å². The zero-order valence-electron chi connectivity index (χ0n) is 16.9. The van der Waals surface area contributed by atoms with Gasteiger partial charge in [-0.2, -0.15) is 0 Å². The summed E-state index contributed by atoms with van der Waals surface area (Å²) in [7, 11) is 1.76. The molecular formula is C20H39N3O3. The van der Waals surface area contributed by atoms with E-state index in [4.69, 9.17) is 19.2 Å². The second-order valence-electron chi connectivity index (χ2n) is 7.30. The fourth-order valence-electron chi connectivity index (χ4n) is 3.56. The highest BCUT2D eigenvalue weighted by Crippen LogP contribution is 2.18. The van der Waals surface area contributed by atoms with Crippen LogP contribution in [0.2, 0.25) is 0 Å². The first-order valence-electron chi connectivity index (χ1n) is 10.6. The van der Waals surface area contributed by atoms with Crippen molar-refractivity contribution in [2.75, 3.05) is 53.1 Å². The molecule has 0 aromatic heterocycles. The van der Waals surface area contributed by atoms with E-state index in [2.05, 4.69) is 17.1 Å². The Balaban J connectivity index is 1.65. The van der Waals surface area contributed by atoms with Gasteiger partial charge >= 0.3 is 0 Å². The van der Waals surface area contributed by atoms with Gasteiger partial charge in [-0.3, -0.25) is 4.99 Å². The van der Waals surface area contributed by atoms with E-state index in [9.17, 15) is 0 Å². The number of methoxy groups -OCH3 is 1. The number of rotatable bonds is 10. The molecule has 2 aliphatic heterocycles. The summed E-state index contributed by atoms with van der Waals surface area (Å²) < 4.78 is 17.0. The topological polar surface area (TPSA) is 55.3 Å². The number of piperidine rings is 1. The van der Waals surface area contributed by atoms with Crippen LogP contribution in [0.3, 0.4) is 0 Å². The van der Waals surface area contributed by atoms with Crippen molar-refractivity contribution in [2.45, 2.75) is 70.5 Å². The second kappa shape index (κ2) is 13.3. The molecule has 152 valence electrons. The maximum absolute atomic E-state index is 6.12. The molecule has 0 aromatic carbocycles. The van der Waals surface area contributed by atoms with Gasteiger partial charge in [-0.05, 0) is 58.3 Å². The van der Waals surface area contributed by atoms with Crippen molar-refractivity contribution in [3.63, 3.8) is 0 Å². The summed E-state index contributed by atoms with van der Waals surface area (Å²) in [5.41, 5.74) is 0. The van der Waals surface area contributed by atoms with Gasteiger partial charge in [-0.25, -0.2) is 0 Å². The fraction of sp³-hybridized carbons (Fsp3) is 0.950. The van der Waals surface area contributed by atoms with E-state index in [1.807, 2.05) is 0 Å². The van der Waals surface area contributed by atoms with Crippen LogP contribution in [0.15, 0.2) is 4.99 Å². The number of nitrogens with zero attached hydrogens (tertiary/aromatic N) is 2. The van der Waals surface area contributed by atoms with Crippen molar-refractivity contribution in [3.05, 3.63) is 0 Å². The van der Waals surface area contributed by atoms with Crippen molar-refractivity contribution < 1.29 is 14.2 Å². The van der Waals surface area contributed by atoms with E-state index in [0.29, 0.717) is 12.2 Å². The van der Waals surface area contributed by atoms with Crippen molar-refractivity contribution in [1.29, 1.82) is 0 Å². The molecule has 6 heteroatoms. The standard InChI is InChI=1S/C20H39N3O3/c1-3-21-20(22-12-6-4-7-15-24-2)23-13-10-18(11-14-23)26-17-19-9-5-8-16-25-19/h18-19H,3-17H2,1-2H3,(H,21,22). The minimum atomic E-state index is 0.318. The van der Waals surface area contributed by atoms with Crippen LogP contribution in [0, 0.1) is 0 Å². The number of aliphatic imine (C=N–C) groups is 1. The summed E-state index contributed by atoms with van der Waals surface area (Å²) in [5.74, 6) is 1.06. The van der Waals surface area contributed by atoms with Gasteiger partial charge in [0, 0.05) is 46.5 Å². The Morgan fingerprint density at radius 2 is 2.00 bits per heavy atom. The van der Waals surface area contributed by atoms with Crippen LogP contribution in [0.25, 0.3) is 0 Å². The van der Waals surface area contributed by atoms with Crippen LogP contribution in [-0.2, 0) is 14.2 Å². The number of likely N-dealkylation sites (tertiary alicyclic amines) is 1. The molecule has 26 heavy (non-hydrogen) atoms. The molecule has 0 radical (unpaired) electrons. The Labute approximate surface area is 159 Å². The smallest absolute Gasteiger partial charge is 0.193 e. The highest BCUT2D eigenvalue weighted by molar-refractivity contribution is 5.80. The van der Waals surface area contributed by atoms with Crippen molar-refractivity contribution in [3.8, 4) is 0 Å².